The Morgan fingerprint density at radius 1 is 1.48 bits per heavy atom. The highest BCUT2D eigenvalue weighted by molar-refractivity contribution is 7.87. The van der Waals surface area contributed by atoms with Crippen LogP contribution in [-0.2, 0) is 21.5 Å². The Balaban J connectivity index is 1.69. The first-order chi connectivity index (χ1) is 15.6. The van der Waals surface area contributed by atoms with E-state index in [1.807, 2.05) is 0 Å². The Morgan fingerprint density at radius 2 is 2.24 bits per heavy atom. The number of alkyl halides is 1. The number of nitrogens with one attached hydrogen (secondary N) is 1. The third kappa shape index (κ3) is 6.29. The molecule has 0 spiro atoms. The number of allylic oxidation sites excluding steroid dienone is 4. The number of nitrogens with zero attached hydrogens (tertiary/aromatic N) is 4. The van der Waals surface area contributed by atoms with Crippen LogP contribution in [0.3, 0.4) is 0 Å². The molecule has 0 saturated carbocycles. The Morgan fingerprint density at radius 3 is 2.94 bits per heavy atom. The molecule has 3 atom stereocenters. The van der Waals surface area contributed by atoms with E-state index in [0.29, 0.717) is 22.1 Å². The maximum Gasteiger partial charge on any atom is 0.279 e. The number of hydrogen-bond donors (Lipinski definition) is 1. The largest absolute Gasteiger partial charge is 0.384 e. The summed E-state index contributed by atoms with van der Waals surface area (Å²) in [7, 11) is -1.05. The number of terminal acetylenes is 1. The third-order valence-corrected chi connectivity index (χ3v) is 6.92. The first-order valence-corrected chi connectivity index (χ1v) is 11.9. The fraction of sp³-hybridized carbons (Fsp3) is 0.429. The fourth-order valence-electron chi connectivity index (χ4n) is 3.45. The van der Waals surface area contributed by atoms with Crippen molar-refractivity contribution >= 4 is 27.6 Å². The number of pyridine rings is 1. The summed E-state index contributed by atoms with van der Waals surface area (Å²) in [5, 5.41) is 4.40. The van der Waals surface area contributed by atoms with Crippen LogP contribution in [0, 0.1) is 12.3 Å². The van der Waals surface area contributed by atoms with Crippen molar-refractivity contribution in [3.05, 3.63) is 52.6 Å². The molecular formula is C21H24ClF2N5O3S. The first kappa shape index (κ1) is 25.1. The molecule has 3 rings (SSSR count). The maximum absolute atomic E-state index is 14.5. The highest BCUT2D eigenvalue weighted by Crippen LogP contribution is 2.32. The van der Waals surface area contributed by atoms with Crippen molar-refractivity contribution in [3.63, 3.8) is 0 Å². The van der Waals surface area contributed by atoms with Crippen LogP contribution in [0.4, 0.5) is 8.78 Å². The number of aromatic nitrogens is 1. The second-order valence-corrected chi connectivity index (χ2v) is 10.1. The first-order valence-electron chi connectivity index (χ1n) is 10.0. The van der Waals surface area contributed by atoms with Gasteiger partial charge in [0.25, 0.3) is 10.2 Å². The molecule has 2 aliphatic rings. The molecule has 0 aliphatic carbocycles. The number of hydrogen-bond acceptors (Lipinski definition) is 6. The zero-order valence-electron chi connectivity index (χ0n) is 18.1. The van der Waals surface area contributed by atoms with Crippen molar-refractivity contribution in [1.29, 1.82) is 0 Å². The molecule has 0 radical (unpaired) electrons. The van der Waals surface area contributed by atoms with E-state index in [4.69, 9.17) is 22.9 Å². The number of oxime groups is 1. The van der Waals surface area contributed by atoms with Gasteiger partial charge in [0.1, 0.15) is 17.8 Å². The zero-order valence-corrected chi connectivity index (χ0v) is 19.7. The Kier molecular flexibility index (Phi) is 8.07. The quantitative estimate of drug-likeness (QED) is 0.460. The number of likely N-dealkylation sites (tertiary alicyclic amines) is 1. The molecule has 12 heteroatoms. The Bertz CT molecular complexity index is 1120. The standard InChI is InChI=1S/C21H24ClF2N5O3S/c1-4-5-6-7-16(23)9-14-8-15(22)11-25-21(14)19-10-20(26-32-19)29-12-17(24)18(13-29)27-33(30,31)28(2)3/h1,5-8,11,17-19,27H,9-10,12-13H2,2-3H3/b6-5-,16-7+/t17-,18+,19?/m0/s1. The summed E-state index contributed by atoms with van der Waals surface area (Å²) in [6.45, 7) is 0.0677. The van der Waals surface area contributed by atoms with Gasteiger partial charge in [-0.25, -0.2) is 8.78 Å². The monoisotopic (exact) mass is 499 g/mol. The van der Waals surface area contributed by atoms with Crippen LogP contribution in [-0.4, -0.2) is 67.8 Å². The summed E-state index contributed by atoms with van der Waals surface area (Å²) in [5.41, 5.74) is 0.983. The lowest BCUT2D eigenvalue weighted by molar-refractivity contribution is 0.0817. The van der Waals surface area contributed by atoms with Gasteiger partial charge in [0, 0.05) is 33.3 Å². The van der Waals surface area contributed by atoms with E-state index in [-0.39, 0.29) is 25.9 Å². The molecule has 0 bridgehead atoms. The van der Waals surface area contributed by atoms with Crippen LogP contribution in [0.2, 0.25) is 5.02 Å². The van der Waals surface area contributed by atoms with Crippen LogP contribution in [0.25, 0.3) is 0 Å². The van der Waals surface area contributed by atoms with Crippen LogP contribution in [0.15, 0.2) is 41.5 Å². The summed E-state index contributed by atoms with van der Waals surface area (Å²) in [6.07, 6.45) is 8.75. The van der Waals surface area contributed by atoms with Gasteiger partial charge in [0.2, 0.25) is 0 Å². The van der Waals surface area contributed by atoms with Crippen LogP contribution < -0.4 is 4.72 Å². The van der Waals surface area contributed by atoms with Gasteiger partial charge in [-0.1, -0.05) is 28.8 Å². The predicted octanol–water partition coefficient (Wildman–Crippen LogP) is 2.51. The second kappa shape index (κ2) is 10.6. The molecular weight excluding hydrogens is 476 g/mol. The van der Waals surface area contributed by atoms with Crippen LogP contribution >= 0.6 is 11.6 Å². The molecule has 0 amide bonds. The molecule has 1 N–H and O–H groups in total. The van der Waals surface area contributed by atoms with Gasteiger partial charge in [-0.2, -0.15) is 17.4 Å². The van der Waals surface area contributed by atoms with Gasteiger partial charge in [0.05, 0.1) is 29.7 Å². The molecule has 1 saturated heterocycles. The van der Waals surface area contributed by atoms with Crippen molar-refractivity contribution in [2.45, 2.75) is 31.2 Å². The normalized spacial score (nSPS) is 23.8. The van der Waals surface area contributed by atoms with Gasteiger partial charge in [-0.15, -0.1) is 6.42 Å². The predicted molar refractivity (Wildman–Crippen MR) is 122 cm³/mol. The van der Waals surface area contributed by atoms with E-state index in [0.717, 1.165) is 4.31 Å². The molecule has 33 heavy (non-hydrogen) atoms. The van der Waals surface area contributed by atoms with E-state index in [1.54, 1.807) is 11.0 Å². The summed E-state index contributed by atoms with van der Waals surface area (Å²) in [6, 6.07) is 0.682. The van der Waals surface area contributed by atoms with Crippen molar-refractivity contribution in [2.24, 2.45) is 5.16 Å². The number of halogens is 3. The van der Waals surface area contributed by atoms with Crippen molar-refractivity contribution < 1.29 is 22.0 Å². The van der Waals surface area contributed by atoms with Crippen LogP contribution in [0.1, 0.15) is 23.8 Å². The summed E-state index contributed by atoms with van der Waals surface area (Å²) < 4.78 is 56.2. The minimum Gasteiger partial charge on any atom is -0.384 e. The minimum absolute atomic E-state index is 0.0324. The maximum atomic E-state index is 14.5. The summed E-state index contributed by atoms with van der Waals surface area (Å²) in [5.74, 6) is 2.30. The summed E-state index contributed by atoms with van der Waals surface area (Å²) >= 11 is 6.05. The molecule has 178 valence electrons. The fourth-order valence-corrected chi connectivity index (χ4v) is 4.45. The molecule has 1 unspecified atom stereocenters. The van der Waals surface area contributed by atoms with Crippen molar-refractivity contribution in [2.75, 3.05) is 27.2 Å². The lowest BCUT2D eigenvalue weighted by Gasteiger charge is -2.19. The highest BCUT2D eigenvalue weighted by atomic mass is 35.5. The SMILES string of the molecule is C#C/C=C\C=C(\F)Cc1cc(Cl)cnc1C1CC(N2C[C@H](F)[C@H](NS(=O)(=O)N(C)C)C2)=NO1. The van der Waals surface area contributed by atoms with Crippen molar-refractivity contribution in [3.8, 4) is 12.3 Å². The molecule has 2 aliphatic heterocycles. The van der Waals surface area contributed by atoms with Crippen molar-refractivity contribution in [1.82, 2.24) is 18.9 Å². The average Bonchev–Trinajstić information content (AvgIpc) is 3.35. The minimum atomic E-state index is -3.78. The molecule has 0 aromatic carbocycles. The molecule has 8 nitrogen and oxygen atoms in total. The van der Waals surface area contributed by atoms with Gasteiger partial charge < -0.3 is 9.74 Å². The third-order valence-electron chi connectivity index (χ3n) is 5.15. The molecule has 3 heterocycles. The summed E-state index contributed by atoms with van der Waals surface area (Å²) in [4.78, 5) is 11.5. The van der Waals surface area contributed by atoms with E-state index < -0.39 is 34.4 Å². The average molecular weight is 500 g/mol. The Hall–Kier alpha value is -2.52. The van der Waals surface area contributed by atoms with E-state index in [1.165, 1.54) is 38.5 Å². The molecule has 1 aromatic heterocycles. The zero-order chi connectivity index (χ0) is 24.2. The van der Waals surface area contributed by atoms with Crippen LogP contribution in [0.5, 0.6) is 0 Å². The van der Waals surface area contributed by atoms with E-state index in [2.05, 4.69) is 20.8 Å². The van der Waals surface area contributed by atoms with Gasteiger partial charge in [0.15, 0.2) is 6.10 Å². The van der Waals surface area contributed by atoms with E-state index in [9.17, 15) is 17.2 Å². The van der Waals surface area contributed by atoms with Gasteiger partial charge in [-0.3, -0.25) is 4.98 Å². The highest BCUT2D eigenvalue weighted by Gasteiger charge is 2.40. The lowest BCUT2D eigenvalue weighted by atomic mass is 10.0. The van der Waals surface area contributed by atoms with Gasteiger partial charge in [-0.05, 0) is 23.8 Å². The number of rotatable bonds is 7. The lowest BCUT2D eigenvalue weighted by Crippen LogP contribution is -2.46. The second-order valence-electron chi connectivity index (χ2n) is 7.75. The van der Waals surface area contributed by atoms with Gasteiger partial charge >= 0.3 is 0 Å². The smallest absolute Gasteiger partial charge is 0.279 e. The molecule has 1 fully saturated rings. The molecule has 1 aromatic rings. The number of amidine groups is 1. The topological polar surface area (TPSA) is 87.1 Å². The Labute approximate surface area is 197 Å². The van der Waals surface area contributed by atoms with E-state index >= 15 is 0 Å².